The normalized spacial score (nSPS) is 19.4. The molecule has 0 N–H and O–H groups in total. The highest BCUT2D eigenvalue weighted by Crippen LogP contribution is 2.35. The average molecular weight is 500 g/mol. The molecule has 0 bridgehead atoms. The predicted octanol–water partition coefficient (Wildman–Crippen LogP) is 3.26. The van der Waals surface area contributed by atoms with E-state index in [1.807, 2.05) is 43.3 Å². The molecule has 2 heterocycles. The molecule has 2 aromatic carbocycles. The van der Waals surface area contributed by atoms with E-state index in [4.69, 9.17) is 14.6 Å². The van der Waals surface area contributed by atoms with E-state index in [1.165, 1.54) is 0 Å². The van der Waals surface area contributed by atoms with Crippen LogP contribution in [-0.4, -0.2) is 69.9 Å². The van der Waals surface area contributed by atoms with Crippen molar-refractivity contribution in [1.82, 2.24) is 5.01 Å². The van der Waals surface area contributed by atoms with Crippen LogP contribution in [-0.2, 0) is 21.1 Å². The summed E-state index contributed by atoms with van der Waals surface area (Å²) in [5, 5.41) is 6.55. The zero-order valence-electron chi connectivity index (χ0n) is 20.8. The fraction of sp³-hybridized carbons (Fsp3) is 0.462. The Labute approximate surface area is 207 Å². The van der Waals surface area contributed by atoms with Crippen molar-refractivity contribution in [3.05, 3.63) is 53.1 Å². The van der Waals surface area contributed by atoms with Crippen LogP contribution in [0.1, 0.15) is 43.4 Å². The van der Waals surface area contributed by atoms with Crippen LogP contribution in [0.5, 0.6) is 11.5 Å². The maximum absolute atomic E-state index is 12.9. The number of carbonyl (C=O) groups is 1. The summed E-state index contributed by atoms with van der Waals surface area (Å²) in [6.45, 7) is 4.88. The summed E-state index contributed by atoms with van der Waals surface area (Å²) in [5.74, 6) is 1.57. The third-order valence-electron chi connectivity index (χ3n) is 6.75. The quantitative estimate of drug-likeness (QED) is 0.606. The van der Waals surface area contributed by atoms with E-state index in [1.54, 1.807) is 19.2 Å². The maximum Gasteiger partial charge on any atom is 0.242 e. The fourth-order valence-electron chi connectivity index (χ4n) is 4.65. The zero-order chi connectivity index (χ0) is 25.2. The Balaban J connectivity index is 1.78. The van der Waals surface area contributed by atoms with Gasteiger partial charge in [0, 0.05) is 36.3 Å². The highest BCUT2D eigenvalue weighted by atomic mass is 32.2. The standard InChI is InChI=1S/C26H33N3O5S/c1-5-20-15-19-16-23(33-3)24(34-4)17-22(19)26(27-29(20)25(30)6-2)18-7-9-21(10-8-18)28-11-13-35(31,32)14-12-28/h7-10,16-17,20H,5-6,11-15H2,1-4H3. The molecular formula is C26H33N3O5S. The van der Waals surface area contributed by atoms with Crippen molar-refractivity contribution in [3.63, 3.8) is 0 Å². The molecule has 2 aromatic rings. The van der Waals surface area contributed by atoms with Gasteiger partial charge in [-0.2, -0.15) is 5.10 Å². The number of amides is 1. The highest BCUT2D eigenvalue weighted by molar-refractivity contribution is 7.91. The van der Waals surface area contributed by atoms with E-state index in [2.05, 4.69) is 11.8 Å². The Bertz CT molecular complexity index is 1210. The molecule has 1 unspecified atom stereocenters. The number of rotatable bonds is 6. The summed E-state index contributed by atoms with van der Waals surface area (Å²) in [4.78, 5) is 15.0. The molecule has 0 aliphatic carbocycles. The van der Waals surface area contributed by atoms with Crippen LogP contribution in [0.3, 0.4) is 0 Å². The molecule has 1 atom stereocenters. The third kappa shape index (κ3) is 5.15. The average Bonchev–Trinajstić information content (AvgIpc) is 3.03. The summed E-state index contributed by atoms with van der Waals surface area (Å²) in [5.41, 5.74) is 4.50. The van der Waals surface area contributed by atoms with Crippen molar-refractivity contribution in [3.8, 4) is 11.5 Å². The molecule has 4 rings (SSSR count). The van der Waals surface area contributed by atoms with Gasteiger partial charge in [0.05, 0.1) is 37.5 Å². The van der Waals surface area contributed by atoms with Gasteiger partial charge >= 0.3 is 0 Å². The molecule has 8 nitrogen and oxygen atoms in total. The van der Waals surface area contributed by atoms with Crippen LogP contribution >= 0.6 is 0 Å². The Morgan fingerprint density at radius 1 is 1.03 bits per heavy atom. The lowest BCUT2D eigenvalue weighted by atomic mass is 9.93. The Kier molecular flexibility index (Phi) is 7.35. The number of benzene rings is 2. The minimum absolute atomic E-state index is 0.0211. The van der Waals surface area contributed by atoms with Crippen molar-refractivity contribution in [2.24, 2.45) is 5.10 Å². The summed E-state index contributed by atoms with van der Waals surface area (Å²) < 4.78 is 34.7. The van der Waals surface area contributed by atoms with Crippen LogP contribution in [0, 0.1) is 0 Å². The number of fused-ring (bicyclic) bond motifs is 1. The molecule has 1 fully saturated rings. The molecule has 1 amide bonds. The van der Waals surface area contributed by atoms with Crippen LogP contribution in [0.15, 0.2) is 41.5 Å². The smallest absolute Gasteiger partial charge is 0.242 e. The third-order valence-corrected chi connectivity index (χ3v) is 8.36. The van der Waals surface area contributed by atoms with Gasteiger partial charge in [-0.3, -0.25) is 4.79 Å². The number of hydrazone groups is 1. The number of hydrogen-bond donors (Lipinski definition) is 0. The summed E-state index contributed by atoms with van der Waals surface area (Å²) in [6, 6.07) is 11.8. The van der Waals surface area contributed by atoms with Crippen LogP contribution in [0.25, 0.3) is 0 Å². The van der Waals surface area contributed by atoms with Crippen molar-refractivity contribution in [1.29, 1.82) is 0 Å². The van der Waals surface area contributed by atoms with E-state index in [-0.39, 0.29) is 23.5 Å². The number of anilines is 1. The highest BCUT2D eigenvalue weighted by Gasteiger charge is 2.30. The summed E-state index contributed by atoms with van der Waals surface area (Å²) >= 11 is 0. The lowest BCUT2D eigenvalue weighted by Crippen LogP contribution is -2.40. The lowest BCUT2D eigenvalue weighted by molar-refractivity contribution is -0.133. The molecule has 1 saturated heterocycles. The second-order valence-electron chi connectivity index (χ2n) is 8.86. The second-order valence-corrected chi connectivity index (χ2v) is 11.2. The molecule has 0 spiro atoms. The molecular weight excluding hydrogens is 466 g/mol. The van der Waals surface area contributed by atoms with Gasteiger partial charge in [-0.05, 0) is 42.7 Å². The molecule has 0 aromatic heterocycles. The first-order valence-electron chi connectivity index (χ1n) is 12.0. The number of carbonyl (C=O) groups excluding carboxylic acids is 1. The first-order chi connectivity index (χ1) is 16.8. The van der Waals surface area contributed by atoms with Crippen LogP contribution < -0.4 is 14.4 Å². The monoisotopic (exact) mass is 499 g/mol. The van der Waals surface area contributed by atoms with E-state index in [0.717, 1.165) is 28.8 Å². The van der Waals surface area contributed by atoms with Gasteiger partial charge < -0.3 is 14.4 Å². The minimum Gasteiger partial charge on any atom is -0.493 e. The van der Waals surface area contributed by atoms with E-state index in [9.17, 15) is 13.2 Å². The van der Waals surface area contributed by atoms with Gasteiger partial charge in [0.15, 0.2) is 21.3 Å². The Hall–Kier alpha value is -3.07. The molecule has 0 radical (unpaired) electrons. The maximum atomic E-state index is 12.9. The van der Waals surface area contributed by atoms with Gasteiger partial charge in [0.1, 0.15) is 0 Å². The molecule has 2 aliphatic heterocycles. The topological polar surface area (TPSA) is 88.5 Å². The fourth-order valence-corrected chi connectivity index (χ4v) is 5.85. The van der Waals surface area contributed by atoms with Crippen LogP contribution in [0.2, 0.25) is 0 Å². The number of ether oxygens (including phenoxy) is 2. The van der Waals surface area contributed by atoms with Gasteiger partial charge in [-0.1, -0.05) is 26.0 Å². The molecule has 188 valence electrons. The van der Waals surface area contributed by atoms with Crippen molar-refractivity contribution in [2.45, 2.75) is 39.2 Å². The largest absolute Gasteiger partial charge is 0.493 e. The number of sulfone groups is 1. The summed E-state index contributed by atoms with van der Waals surface area (Å²) in [7, 11) is 0.276. The predicted molar refractivity (Wildman–Crippen MR) is 137 cm³/mol. The SMILES string of the molecule is CCC(=O)N1N=C(c2ccc(N3CCS(=O)(=O)CC3)cc2)c2cc(OC)c(OC)cc2CC1CC. The van der Waals surface area contributed by atoms with Crippen molar-refractivity contribution < 1.29 is 22.7 Å². The van der Waals surface area contributed by atoms with Gasteiger partial charge in [-0.25, -0.2) is 13.4 Å². The second kappa shape index (κ2) is 10.3. The Morgan fingerprint density at radius 2 is 1.66 bits per heavy atom. The van der Waals surface area contributed by atoms with Crippen LogP contribution in [0.4, 0.5) is 5.69 Å². The van der Waals surface area contributed by atoms with Crippen molar-refractivity contribution in [2.75, 3.05) is 43.7 Å². The molecule has 2 aliphatic rings. The molecule has 9 heteroatoms. The van der Waals surface area contributed by atoms with Crippen molar-refractivity contribution >= 4 is 27.1 Å². The first-order valence-corrected chi connectivity index (χ1v) is 13.8. The number of methoxy groups -OCH3 is 2. The lowest BCUT2D eigenvalue weighted by Gasteiger charge is -2.29. The first kappa shape index (κ1) is 25.0. The number of nitrogens with zero attached hydrogens (tertiary/aromatic N) is 3. The number of hydrogen-bond acceptors (Lipinski definition) is 7. The summed E-state index contributed by atoms with van der Waals surface area (Å²) in [6.07, 6.45) is 1.80. The molecule has 35 heavy (non-hydrogen) atoms. The minimum atomic E-state index is -2.94. The van der Waals surface area contributed by atoms with E-state index >= 15 is 0 Å². The van der Waals surface area contributed by atoms with E-state index < -0.39 is 9.84 Å². The van der Waals surface area contributed by atoms with Gasteiger partial charge in [0.25, 0.3) is 0 Å². The van der Waals surface area contributed by atoms with Gasteiger partial charge in [0.2, 0.25) is 5.91 Å². The Morgan fingerprint density at radius 3 is 2.23 bits per heavy atom. The molecule has 0 saturated carbocycles. The van der Waals surface area contributed by atoms with Gasteiger partial charge in [-0.15, -0.1) is 0 Å². The van der Waals surface area contributed by atoms with E-state index in [0.29, 0.717) is 43.1 Å². The zero-order valence-corrected chi connectivity index (χ0v) is 21.6.